The fraction of sp³-hybridized carbons (Fsp3) is 0.333. The smallest absolute Gasteiger partial charge is 0.271 e. The van der Waals surface area contributed by atoms with Crippen molar-refractivity contribution in [3.05, 3.63) is 47.0 Å². The van der Waals surface area contributed by atoms with E-state index in [-0.39, 0.29) is 24.0 Å². The predicted octanol–water partition coefficient (Wildman–Crippen LogP) is 1.23. The van der Waals surface area contributed by atoms with Gasteiger partial charge in [-0.05, 0) is 49.4 Å². The van der Waals surface area contributed by atoms with Gasteiger partial charge < -0.3 is 15.8 Å². The Morgan fingerprint density at radius 1 is 1.31 bits per heavy atom. The molecule has 3 aromatic rings. The minimum atomic E-state index is -0.719. The van der Waals surface area contributed by atoms with Gasteiger partial charge in [-0.15, -0.1) is 5.10 Å². The van der Waals surface area contributed by atoms with E-state index in [0.29, 0.717) is 22.8 Å². The van der Waals surface area contributed by atoms with Crippen LogP contribution in [0, 0.1) is 6.92 Å². The first-order valence-corrected chi connectivity index (χ1v) is 8.92. The number of nitrogens with one attached hydrogen (secondary N) is 1. The highest BCUT2D eigenvalue weighted by molar-refractivity contribution is 6.08. The molecule has 1 aromatic carbocycles. The molecule has 0 unspecified atom stereocenters. The molecule has 0 atom stereocenters. The first-order chi connectivity index (χ1) is 13.8. The maximum Gasteiger partial charge on any atom is 0.271 e. The summed E-state index contributed by atoms with van der Waals surface area (Å²) in [6, 6.07) is 6.75. The Bertz CT molecular complexity index is 1050. The van der Waals surface area contributed by atoms with Gasteiger partial charge in [0.25, 0.3) is 11.8 Å². The quantitative estimate of drug-likeness (QED) is 0.609. The van der Waals surface area contributed by atoms with Crippen LogP contribution in [0.25, 0.3) is 0 Å². The summed E-state index contributed by atoms with van der Waals surface area (Å²) < 4.78 is 8.88. The molecule has 11 nitrogen and oxygen atoms in total. The van der Waals surface area contributed by atoms with E-state index in [4.69, 9.17) is 10.5 Å². The lowest BCUT2D eigenvalue weighted by Gasteiger charge is -2.10. The minimum absolute atomic E-state index is 0.00581. The van der Waals surface area contributed by atoms with Crippen LogP contribution in [0.3, 0.4) is 0 Å². The summed E-state index contributed by atoms with van der Waals surface area (Å²) in [6.45, 7) is 5.81. The van der Waals surface area contributed by atoms with Crippen molar-refractivity contribution in [1.29, 1.82) is 0 Å². The number of ether oxygens (including phenoxy) is 1. The Hall–Kier alpha value is -3.76. The molecule has 0 fully saturated rings. The van der Waals surface area contributed by atoms with Gasteiger partial charge in [0.05, 0.1) is 17.4 Å². The maximum absolute atomic E-state index is 12.7. The zero-order valence-electron chi connectivity index (χ0n) is 16.6. The van der Waals surface area contributed by atoms with Crippen LogP contribution in [0.2, 0.25) is 0 Å². The number of carbonyl (C=O) groups excluding carboxylic acids is 2. The normalized spacial score (nSPS) is 10.9. The second kappa shape index (κ2) is 8.09. The number of aromatic nitrogens is 6. The first-order valence-electron chi connectivity index (χ1n) is 8.92. The highest BCUT2D eigenvalue weighted by atomic mass is 16.5. The number of amides is 2. The van der Waals surface area contributed by atoms with Crippen LogP contribution in [0.4, 0.5) is 5.69 Å². The van der Waals surface area contributed by atoms with Gasteiger partial charge in [0.15, 0.2) is 11.5 Å². The molecule has 11 heteroatoms. The van der Waals surface area contributed by atoms with Gasteiger partial charge >= 0.3 is 0 Å². The molecule has 0 aliphatic carbocycles. The third-order valence-corrected chi connectivity index (χ3v) is 4.32. The zero-order chi connectivity index (χ0) is 21.1. The average Bonchev–Trinajstić information content (AvgIpc) is 3.27. The summed E-state index contributed by atoms with van der Waals surface area (Å²) in [5.41, 5.74) is 6.60. The van der Waals surface area contributed by atoms with Crippen LogP contribution in [0.1, 0.15) is 52.3 Å². The Kier molecular flexibility index (Phi) is 5.57. The van der Waals surface area contributed by atoms with Crippen molar-refractivity contribution in [2.45, 2.75) is 33.4 Å². The van der Waals surface area contributed by atoms with Gasteiger partial charge in [-0.2, -0.15) is 5.10 Å². The molecule has 0 bridgehead atoms. The lowest BCUT2D eigenvalue weighted by molar-refractivity contribution is 0.0995. The summed E-state index contributed by atoms with van der Waals surface area (Å²) >= 11 is 0. The standard InChI is InChI=1S/C18H22N8O3/c1-10(2)26-14(21-23-24-26)9-29-13-7-5-6-12(8-13)18(28)20-15-11(3)25(4)22-16(15)17(19)27/h5-8,10H,9H2,1-4H3,(H2,19,27)(H,20,28). The Morgan fingerprint density at radius 2 is 2.07 bits per heavy atom. The van der Waals surface area contributed by atoms with Crippen molar-refractivity contribution >= 4 is 17.5 Å². The van der Waals surface area contributed by atoms with Gasteiger partial charge in [-0.1, -0.05) is 6.07 Å². The molecule has 3 N–H and O–H groups in total. The predicted molar refractivity (Wildman–Crippen MR) is 103 cm³/mol. The number of benzene rings is 1. The number of carbonyl (C=O) groups is 2. The van der Waals surface area contributed by atoms with E-state index in [2.05, 4.69) is 25.9 Å². The summed E-state index contributed by atoms with van der Waals surface area (Å²) in [6.07, 6.45) is 0. The van der Waals surface area contributed by atoms with Crippen molar-refractivity contribution in [2.24, 2.45) is 12.8 Å². The molecule has 152 valence electrons. The first kappa shape index (κ1) is 20.0. The fourth-order valence-corrected chi connectivity index (χ4v) is 2.70. The SMILES string of the molecule is Cc1c(NC(=O)c2cccc(OCc3nnnn3C(C)C)c2)c(C(N)=O)nn1C. The number of aryl methyl sites for hydroxylation is 1. The van der Waals surface area contributed by atoms with E-state index in [1.54, 1.807) is 42.9 Å². The van der Waals surface area contributed by atoms with Crippen LogP contribution in [0.5, 0.6) is 5.75 Å². The molecular formula is C18H22N8O3. The van der Waals surface area contributed by atoms with E-state index < -0.39 is 11.8 Å². The molecule has 3 rings (SSSR count). The molecule has 2 aromatic heterocycles. The van der Waals surface area contributed by atoms with Crippen molar-refractivity contribution in [3.8, 4) is 5.75 Å². The topological polar surface area (TPSA) is 143 Å². The Labute approximate surface area is 166 Å². The van der Waals surface area contributed by atoms with Gasteiger partial charge in [0.2, 0.25) is 0 Å². The Morgan fingerprint density at radius 3 is 2.76 bits per heavy atom. The van der Waals surface area contributed by atoms with Crippen molar-refractivity contribution in [2.75, 3.05) is 5.32 Å². The highest BCUT2D eigenvalue weighted by Gasteiger charge is 2.20. The number of tetrazole rings is 1. The number of anilines is 1. The molecule has 0 spiro atoms. The Balaban J connectivity index is 1.75. The van der Waals surface area contributed by atoms with E-state index in [1.807, 2.05) is 13.8 Å². The molecule has 0 aliphatic rings. The third-order valence-electron chi connectivity index (χ3n) is 4.32. The molecule has 29 heavy (non-hydrogen) atoms. The number of hydrogen-bond donors (Lipinski definition) is 2. The van der Waals surface area contributed by atoms with Crippen LogP contribution < -0.4 is 15.8 Å². The number of nitrogens with zero attached hydrogens (tertiary/aromatic N) is 6. The molecule has 2 amide bonds. The molecule has 0 radical (unpaired) electrons. The van der Waals surface area contributed by atoms with E-state index >= 15 is 0 Å². The van der Waals surface area contributed by atoms with Gasteiger partial charge in [0, 0.05) is 12.6 Å². The fourth-order valence-electron chi connectivity index (χ4n) is 2.70. The molecule has 2 heterocycles. The van der Waals surface area contributed by atoms with Crippen LogP contribution in [-0.4, -0.2) is 41.8 Å². The van der Waals surface area contributed by atoms with E-state index in [0.717, 1.165) is 0 Å². The lowest BCUT2D eigenvalue weighted by Crippen LogP contribution is -2.18. The van der Waals surface area contributed by atoms with Crippen molar-refractivity contribution in [1.82, 2.24) is 30.0 Å². The largest absolute Gasteiger partial charge is 0.486 e. The molecule has 0 saturated carbocycles. The number of hydrogen-bond acceptors (Lipinski definition) is 7. The van der Waals surface area contributed by atoms with Crippen LogP contribution in [-0.2, 0) is 13.7 Å². The van der Waals surface area contributed by atoms with Gasteiger partial charge in [0.1, 0.15) is 12.4 Å². The minimum Gasteiger partial charge on any atom is -0.486 e. The lowest BCUT2D eigenvalue weighted by atomic mass is 10.2. The second-order valence-electron chi connectivity index (χ2n) is 6.70. The maximum atomic E-state index is 12.7. The number of primary amides is 1. The second-order valence-corrected chi connectivity index (χ2v) is 6.70. The van der Waals surface area contributed by atoms with Crippen molar-refractivity contribution in [3.63, 3.8) is 0 Å². The highest BCUT2D eigenvalue weighted by Crippen LogP contribution is 2.21. The van der Waals surface area contributed by atoms with Gasteiger partial charge in [-0.3, -0.25) is 14.3 Å². The summed E-state index contributed by atoms with van der Waals surface area (Å²) in [5, 5.41) is 18.3. The summed E-state index contributed by atoms with van der Waals surface area (Å²) in [5.74, 6) is -0.0778. The van der Waals surface area contributed by atoms with Crippen LogP contribution in [0.15, 0.2) is 24.3 Å². The number of nitrogens with two attached hydrogens (primary N) is 1. The molecular weight excluding hydrogens is 376 g/mol. The monoisotopic (exact) mass is 398 g/mol. The molecule has 0 saturated heterocycles. The summed E-state index contributed by atoms with van der Waals surface area (Å²) in [4.78, 5) is 24.3. The third kappa shape index (κ3) is 4.23. The van der Waals surface area contributed by atoms with E-state index in [1.165, 1.54) is 4.68 Å². The van der Waals surface area contributed by atoms with Crippen molar-refractivity contribution < 1.29 is 14.3 Å². The average molecular weight is 398 g/mol. The number of rotatable bonds is 7. The van der Waals surface area contributed by atoms with E-state index in [9.17, 15) is 9.59 Å². The summed E-state index contributed by atoms with van der Waals surface area (Å²) in [7, 11) is 1.66. The van der Waals surface area contributed by atoms with Crippen LogP contribution >= 0.6 is 0 Å². The molecule has 0 aliphatic heterocycles. The van der Waals surface area contributed by atoms with Gasteiger partial charge in [-0.25, -0.2) is 4.68 Å². The zero-order valence-corrected chi connectivity index (χ0v) is 16.6.